The molecule has 1 aromatic heterocycles. The maximum atomic E-state index is 12.7. The lowest BCUT2D eigenvalue weighted by Crippen LogP contribution is -2.04. The van der Waals surface area contributed by atoms with Gasteiger partial charge in [0.05, 0.1) is 10.4 Å². The Hall–Kier alpha value is -2.14. The van der Waals surface area contributed by atoms with Gasteiger partial charge in [-0.2, -0.15) is 0 Å². The lowest BCUT2D eigenvalue weighted by molar-refractivity contribution is -0.137. The van der Waals surface area contributed by atoms with Gasteiger partial charge in [0.25, 0.3) is 0 Å². The number of rotatable bonds is 4. The van der Waals surface area contributed by atoms with Crippen LogP contribution in [0.3, 0.4) is 0 Å². The summed E-state index contributed by atoms with van der Waals surface area (Å²) in [6, 6.07) is 7.49. The smallest absolute Gasteiger partial charge is 0.303 e. The minimum absolute atomic E-state index is 0.00946. The standard InChI is InChI=1S/C17H16O4S/c1-10(2-5-15(18)19)11-3-4-14-13(8-11)16(20)17-12(9-21-14)6-7-22-17/h3-4,6-8,10H,2,5,9H2,1H3,(H,18,19). The molecule has 0 aliphatic carbocycles. The van der Waals surface area contributed by atoms with Gasteiger partial charge in [-0.15, -0.1) is 11.3 Å². The van der Waals surface area contributed by atoms with Crippen molar-refractivity contribution in [1.29, 1.82) is 0 Å². The predicted molar refractivity (Wildman–Crippen MR) is 83.8 cm³/mol. The Balaban J connectivity index is 1.92. The summed E-state index contributed by atoms with van der Waals surface area (Å²) in [5.74, 6) is -0.128. The van der Waals surface area contributed by atoms with Crippen LogP contribution in [-0.2, 0) is 11.4 Å². The molecule has 3 rings (SSSR count). The number of fused-ring (bicyclic) bond motifs is 2. The highest BCUT2D eigenvalue weighted by Gasteiger charge is 2.24. The molecule has 5 heteroatoms. The summed E-state index contributed by atoms with van der Waals surface area (Å²) in [7, 11) is 0. The molecule has 4 nitrogen and oxygen atoms in total. The van der Waals surface area contributed by atoms with Gasteiger partial charge in [0.2, 0.25) is 5.78 Å². The molecule has 2 heterocycles. The minimum Gasteiger partial charge on any atom is -0.488 e. The average Bonchev–Trinajstić information content (AvgIpc) is 2.93. The van der Waals surface area contributed by atoms with Gasteiger partial charge in [-0.05, 0) is 41.5 Å². The molecule has 0 bridgehead atoms. The van der Waals surface area contributed by atoms with Crippen molar-refractivity contribution in [3.05, 3.63) is 51.2 Å². The summed E-state index contributed by atoms with van der Waals surface area (Å²) < 4.78 is 5.73. The Bertz CT molecular complexity index is 732. The van der Waals surface area contributed by atoms with Crippen LogP contribution in [0.5, 0.6) is 5.75 Å². The van der Waals surface area contributed by atoms with Crippen molar-refractivity contribution < 1.29 is 19.4 Å². The van der Waals surface area contributed by atoms with E-state index >= 15 is 0 Å². The van der Waals surface area contributed by atoms with E-state index in [1.807, 2.05) is 36.6 Å². The summed E-state index contributed by atoms with van der Waals surface area (Å²) in [6.45, 7) is 2.38. The Morgan fingerprint density at radius 2 is 2.23 bits per heavy atom. The van der Waals surface area contributed by atoms with Crippen molar-refractivity contribution in [3.63, 3.8) is 0 Å². The second-order valence-corrected chi connectivity index (χ2v) is 6.40. The molecule has 1 N–H and O–H groups in total. The first-order valence-electron chi connectivity index (χ1n) is 7.16. The number of carboxylic acid groups (broad SMARTS) is 1. The molecule has 0 amide bonds. The molecule has 1 aromatic carbocycles. The molecule has 0 spiro atoms. The third kappa shape index (κ3) is 2.76. The highest BCUT2D eigenvalue weighted by Crippen LogP contribution is 2.33. The number of carbonyl (C=O) groups is 2. The van der Waals surface area contributed by atoms with Crippen LogP contribution in [0.2, 0.25) is 0 Å². The molecule has 1 atom stereocenters. The van der Waals surface area contributed by atoms with E-state index in [0.717, 1.165) is 16.0 Å². The van der Waals surface area contributed by atoms with Gasteiger partial charge in [0.1, 0.15) is 12.4 Å². The van der Waals surface area contributed by atoms with Crippen LogP contribution in [0, 0.1) is 0 Å². The number of carboxylic acids is 1. The highest BCUT2D eigenvalue weighted by atomic mass is 32.1. The number of benzene rings is 1. The molecule has 1 aliphatic heterocycles. The maximum Gasteiger partial charge on any atom is 0.303 e. The molecule has 0 radical (unpaired) electrons. The fraction of sp³-hybridized carbons (Fsp3) is 0.294. The van der Waals surface area contributed by atoms with Gasteiger partial charge in [-0.1, -0.05) is 13.0 Å². The third-order valence-corrected chi connectivity index (χ3v) is 4.90. The predicted octanol–water partition coefficient (Wildman–Crippen LogP) is 3.84. The summed E-state index contributed by atoms with van der Waals surface area (Å²) >= 11 is 1.43. The Kier molecular flexibility index (Phi) is 3.98. The molecule has 0 fully saturated rings. The first kappa shape index (κ1) is 14.8. The van der Waals surface area contributed by atoms with Crippen molar-refractivity contribution in [2.24, 2.45) is 0 Å². The van der Waals surface area contributed by atoms with Crippen LogP contribution in [0.25, 0.3) is 0 Å². The molecule has 0 saturated heterocycles. The van der Waals surface area contributed by atoms with E-state index in [9.17, 15) is 9.59 Å². The van der Waals surface area contributed by atoms with E-state index in [-0.39, 0.29) is 18.1 Å². The normalized spacial score (nSPS) is 14.5. The Morgan fingerprint density at radius 1 is 1.41 bits per heavy atom. The molecular weight excluding hydrogens is 300 g/mol. The second-order valence-electron chi connectivity index (χ2n) is 5.48. The summed E-state index contributed by atoms with van der Waals surface area (Å²) in [6.07, 6.45) is 0.672. The van der Waals surface area contributed by atoms with Gasteiger partial charge in [-0.25, -0.2) is 0 Å². The van der Waals surface area contributed by atoms with Crippen molar-refractivity contribution in [1.82, 2.24) is 0 Å². The van der Waals surface area contributed by atoms with E-state index in [1.54, 1.807) is 0 Å². The molecule has 114 valence electrons. The number of carbonyl (C=O) groups excluding carboxylic acids is 1. The number of aliphatic carboxylic acids is 1. The van der Waals surface area contributed by atoms with Crippen molar-refractivity contribution in [2.45, 2.75) is 32.3 Å². The molecule has 1 aliphatic rings. The van der Waals surface area contributed by atoms with E-state index < -0.39 is 5.97 Å². The first-order chi connectivity index (χ1) is 10.6. The van der Waals surface area contributed by atoms with Crippen molar-refractivity contribution in [3.8, 4) is 5.75 Å². The fourth-order valence-corrected chi connectivity index (χ4v) is 3.45. The lowest BCUT2D eigenvalue weighted by atomic mass is 9.93. The van der Waals surface area contributed by atoms with E-state index in [4.69, 9.17) is 9.84 Å². The van der Waals surface area contributed by atoms with Crippen LogP contribution in [0.15, 0.2) is 29.6 Å². The van der Waals surface area contributed by atoms with Crippen LogP contribution >= 0.6 is 11.3 Å². The van der Waals surface area contributed by atoms with Crippen LogP contribution in [-0.4, -0.2) is 16.9 Å². The molecule has 2 aromatic rings. The van der Waals surface area contributed by atoms with Crippen LogP contribution in [0.1, 0.15) is 52.0 Å². The van der Waals surface area contributed by atoms with Gasteiger partial charge in [0.15, 0.2) is 0 Å². The summed E-state index contributed by atoms with van der Waals surface area (Å²) in [5.41, 5.74) is 2.46. The van der Waals surface area contributed by atoms with Crippen molar-refractivity contribution in [2.75, 3.05) is 0 Å². The van der Waals surface area contributed by atoms with Gasteiger partial charge < -0.3 is 9.84 Å². The van der Waals surface area contributed by atoms with Crippen LogP contribution < -0.4 is 4.74 Å². The number of ether oxygens (including phenoxy) is 1. The Morgan fingerprint density at radius 3 is 3.00 bits per heavy atom. The second kappa shape index (κ2) is 5.93. The minimum atomic E-state index is -0.802. The van der Waals surface area contributed by atoms with E-state index in [2.05, 4.69) is 0 Å². The summed E-state index contributed by atoms with van der Waals surface area (Å²) in [5, 5.41) is 10.7. The number of hydrogen-bond donors (Lipinski definition) is 1. The summed E-state index contributed by atoms with van der Waals surface area (Å²) in [4.78, 5) is 24.1. The largest absolute Gasteiger partial charge is 0.488 e. The van der Waals surface area contributed by atoms with Crippen LogP contribution in [0.4, 0.5) is 0 Å². The Labute approximate surface area is 132 Å². The molecule has 1 unspecified atom stereocenters. The maximum absolute atomic E-state index is 12.7. The van der Waals surface area contributed by atoms with Gasteiger partial charge >= 0.3 is 5.97 Å². The topological polar surface area (TPSA) is 63.6 Å². The number of thiophene rings is 1. The quantitative estimate of drug-likeness (QED) is 0.931. The van der Waals surface area contributed by atoms with E-state index in [1.165, 1.54) is 11.3 Å². The molecular formula is C17H16O4S. The van der Waals surface area contributed by atoms with E-state index in [0.29, 0.717) is 24.3 Å². The van der Waals surface area contributed by atoms with Gasteiger partial charge in [-0.3, -0.25) is 9.59 Å². The van der Waals surface area contributed by atoms with Gasteiger partial charge in [0, 0.05) is 12.0 Å². The molecule has 22 heavy (non-hydrogen) atoms. The lowest BCUT2D eigenvalue weighted by Gasteiger charge is -2.13. The van der Waals surface area contributed by atoms with Crippen molar-refractivity contribution >= 4 is 23.1 Å². The molecule has 0 saturated carbocycles. The highest BCUT2D eigenvalue weighted by molar-refractivity contribution is 7.12. The first-order valence-corrected chi connectivity index (χ1v) is 8.04. The number of ketones is 1. The third-order valence-electron chi connectivity index (χ3n) is 3.94. The average molecular weight is 316 g/mol. The monoisotopic (exact) mass is 316 g/mol. The number of hydrogen-bond acceptors (Lipinski definition) is 4. The zero-order chi connectivity index (χ0) is 15.7. The fourth-order valence-electron chi connectivity index (χ4n) is 2.59. The zero-order valence-corrected chi connectivity index (χ0v) is 13.0. The zero-order valence-electron chi connectivity index (χ0n) is 12.2. The SMILES string of the molecule is CC(CCC(=O)O)c1ccc2c(c1)C(=O)c1sccc1CO2.